The first-order chi connectivity index (χ1) is 8.40. The van der Waals surface area contributed by atoms with E-state index in [1.54, 1.807) is 6.92 Å². The zero-order valence-electron chi connectivity index (χ0n) is 11.4. The number of hydrogen-bond acceptors (Lipinski definition) is 4. The summed E-state index contributed by atoms with van der Waals surface area (Å²) >= 11 is 0. The summed E-state index contributed by atoms with van der Waals surface area (Å²) in [5.41, 5.74) is 4.70. The molecule has 18 heavy (non-hydrogen) atoms. The lowest BCUT2D eigenvalue weighted by atomic mass is 9.83. The molecule has 5 nitrogen and oxygen atoms in total. The van der Waals surface area contributed by atoms with E-state index in [4.69, 9.17) is 10.8 Å². The zero-order valence-corrected chi connectivity index (χ0v) is 11.4. The summed E-state index contributed by atoms with van der Waals surface area (Å²) in [4.78, 5) is 15.8. The summed E-state index contributed by atoms with van der Waals surface area (Å²) in [6.07, 6.45) is 3.65. The molecular weight excluding hydrogens is 230 g/mol. The lowest BCUT2D eigenvalue weighted by Gasteiger charge is -2.47. The number of carboxylic acid groups (broad SMARTS) is 1. The van der Waals surface area contributed by atoms with Gasteiger partial charge >= 0.3 is 5.97 Å². The minimum absolute atomic E-state index is 0.454. The van der Waals surface area contributed by atoms with Crippen LogP contribution in [0.4, 0.5) is 0 Å². The molecule has 0 spiro atoms. The summed E-state index contributed by atoms with van der Waals surface area (Å²) in [6, 6.07) is 0.684. The highest BCUT2D eigenvalue weighted by molar-refractivity contribution is 5.78. The van der Waals surface area contributed by atoms with Crippen LogP contribution in [-0.4, -0.2) is 65.7 Å². The van der Waals surface area contributed by atoms with E-state index in [1.165, 1.54) is 19.4 Å². The van der Waals surface area contributed by atoms with Crippen LogP contribution in [0.3, 0.4) is 0 Å². The van der Waals surface area contributed by atoms with Gasteiger partial charge in [-0.1, -0.05) is 0 Å². The van der Waals surface area contributed by atoms with Crippen LogP contribution in [-0.2, 0) is 4.79 Å². The maximum Gasteiger partial charge on any atom is 0.324 e. The van der Waals surface area contributed by atoms with E-state index in [1.807, 2.05) is 0 Å². The second kappa shape index (κ2) is 5.15. The van der Waals surface area contributed by atoms with E-state index >= 15 is 0 Å². The summed E-state index contributed by atoms with van der Waals surface area (Å²) in [5, 5.41) is 9.09. The minimum Gasteiger partial charge on any atom is -0.480 e. The maximum absolute atomic E-state index is 11.1. The molecule has 0 amide bonds. The van der Waals surface area contributed by atoms with Crippen molar-refractivity contribution in [3.8, 4) is 0 Å². The molecule has 0 radical (unpaired) electrons. The molecule has 3 atom stereocenters. The molecule has 5 heteroatoms. The Hall–Kier alpha value is -0.650. The summed E-state index contributed by atoms with van der Waals surface area (Å²) in [5.74, 6) is -0.229. The lowest BCUT2D eigenvalue weighted by Crippen LogP contribution is -2.59. The van der Waals surface area contributed by atoms with Gasteiger partial charge in [0, 0.05) is 19.1 Å². The fourth-order valence-electron chi connectivity index (χ4n) is 3.40. The average molecular weight is 255 g/mol. The Labute approximate surface area is 109 Å². The fraction of sp³-hybridized carbons (Fsp3) is 0.923. The Morgan fingerprint density at radius 2 is 2.17 bits per heavy atom. The van der Waals surface area contributed by atoms with Crippen LogP contribution < -0.4 is 5.73 Å². The van der Waals surface area contributed by atoms with Gasteiger partial charge < -0.3 is 20.6 Å². The standard InChI is InChI=1S/C13H25N3O2/c1-13(14,12(17)18)9-16-7-5-11-10(8-16)4-3-6-15(11)2/h10-11H,3-9,14H2,1-2H3,(H,17,18). The molecule has 104 valence electrons. The van der Waals surface area contributed by atoms with Gasteiger partial charge in [-0.15, -0.1) is 0 Å². The van der Waals surface area contributed by atoms with Crippen LogP contribution in [0.5, 0.6) is 0 Å². The minimum atomic E-state index is -1.13. The topological polar surface area (TPSA) is 69.8 Å². The molecule has 0 bridgehead atoms. The Bertz CT molecular complexity index is 319. The Morgan fingerprint density at radius 1 is 1.44 bits per heavy atom. The average Bonchev–Trinajstić information content (AvgIpc) is 2.28. The van der Waals surface area contributed by atoms with Crippen molar-refractivity contribution in [1.82, 2.24) is 9.80 Å². The van der Waals surface area contributed by atoms with Gasteiger partial charge in [-0.25, -0.2) is 0 Å². The van der Waals surface area contributed by atoms with E-state index in [-0.39, 0.29) is 0 Å². The van der Waals surface area contributed by atoms with E-state index in [2.05, 4.69) is 16.8 Å². The monoisotopic (exact) mass is 255 g/mol. The molecule has 2 fully saturated rings. The van der Waals surface area contributed by atoms with Crippen molar-refractivity contribution in [1.29, 1.82) is 0 Å². The molecule has 0 aliphatic carbocycles. The first-order valence-electron chi connectivity index (χ1n) is 6.85. The molecular formula is C13H25N3O2. The number of hydrogen-bond donors (Lipinski definition) is 2. The predicted molar refractivity (Wildman–Crippen MR) is 70.4 cm³/mol. The van der Waals surface area contributed by atoms with Gasteiger partial charge in [0.1, 0.15) is 5.54 Å². The van der Waals surface area contributed by atoms with Crippen molar-refractivity contribution in [2.75, 3.05) is 33.2 Å². The van der Waals surface area contributed by atoms with E-state index in [0.717, 1.165) is 19.5 Å². The molecule has 2 rings (SSSR count). The SMILES string of the molecule is CN1CCCC2CN(CC(C)(N)C(=O)O)CCC21. The highest BCUT2D eigenvalue weighted by Gasteiger charge is 2.37. The Balaban J connectivity index is 1.93. The quantitative estimate of drug-likeness (QED) is 0.754. The second-order valence-electron chi connectivity index (χ2n) is 6.20. The van der Waals surface area contributed by atoms with Crippen molar-refractivity contribution in [2.45, 2.75) is 37.8 Å². The van der Waals surface area contributed by atoms with Gasteiger partial charge in [-0.2, -0.15) is 0 Å². The van der Waals surface area contributed by atoms with Crippen molar-refractivity contribution in [2.24, 2.45) is 11.7 Å². The molecule has 2 aliphatic heterocycles. The van der Waals surface area contributed by atoms with Crippen molar-refractivity contribution >= 4 is 5.97 Å². The van der Waals surface area contributed by atoms with Gasteiger partial charge in [0.2, 0.25) is 0 Å². The first-order valence-corrected chi connectivity index (χ1v) is 6.85. The third-order valence-corrected chi connectivity index (χ3v) is 4.47. The number of piperidine rings is 2. The van der Waals surface area contributed by atoms with E-state index in [0.29, 0.717) is 18.5 Å². The summed E-state index contributed by atoms with van der Waals surface area (Å²) < 4.78 is 0. The molecule has 0 aromatic heterocycles. The number of likely N-dealkylation sites (tertiary alicyclic amines) is 2. The van der Waals surface area contributed by atoms with Gasteiger partial charge in [0.25, 0.3) is 0 Å². The Morgan fingerprint density at radius 3 is 2.83 bits per heavy atom. The number of fused-ring (bicyclic) bond motifs is 1. The number of carbonyl (C=O) groups is 1. The smallest absolute Gasteiger partial charge is 0.324 e. The van der Waals surface area contributed by atoms with Crippen LogP contribution >= 0.6 is 0 Å². The van der Waals surface area contributed by atoms with Crippen LogP contribution in [0, 0.1) is 5.92 Å². The van der Waals surface area contributed by atoms with Gasteiger partial charge in [0.15, 0.2) is 0 Å². The van der Waals surface area contributed by atoms with Gasteiger partial charge in [0.05, 0.1) is 0 Å². The van der Waals surface area contributed by atoms with E-state index in [9.17, 15) is 4.79 Å². The highest BCUT2D eigenvalue weighted by atomic mass is 16.4. The second-order valence-corrected chi connectivity index (χ2v) is 6.20. The number of nitrogens with zero attached hydrogens (tertiary/aromatic N) is 2. The Kier molecular flexibility index (Phi) is 3.94. The third-order valence-electron chi connectivity index (χ3n) is 4.47. The zero-order chi connectivity index (χ0) is 13.3. The number of rotatable bonds is 3. The van der Waals surface area contributed by atoms with Crippen LogP contribution in [0.2, 0.25) is 0 Å². The number of nitrogens with two attached hydrogens (primary N) is 1. The molecule has 3 N–H and O–H groups in total. The molecule has 2 heterocycles. The van der Waals surface area contributed by atoms with Gasteiger partial charge in [-0.3, -0.25) is 4.79 Å². The molecule has 2 aliphatic rings. The van der Waals surface area contributed by atoms with Crippen LogP contribution in [0.15, 0.2) is 0 Å². The number of carboxylic acids is 1. The molecule has 0 aromatic rings. The van der Waals surface area contributed by atoms with E-state index < -0.39 is 11.5 Å². The van der Waals surface area contributed by atoms with Crippen molar-refractivity contribution in [3.05, 3.63) is 0 Å². The lowest BCUT2D eigenvalue weighted by molar-refractivity contribution is -0.143. The number of aliphatic carboxylic acids is 1. The predicted octanol–water partition coefficient (Wildman–Crippen LogP) is 0.205. The summed E-state index contributed by atoms with van der Waals surface area (Å²) in [7, 11) is 2.21. The first kappa shape index (κ1) is 13.8. The molecule has 0 saturated carbocycles. The van der Waals surface area contributed by atoms with Crippen LogP contribution in [0.25, 0.3) is 0 Å². The molecule has 2 saturated heterocycles. The summed E-state index contributed by atoms with van der Waals surface area (Å²) in [6.45, 7) is 5.22. The maximum atomic E-state index is 11.1. The van der Waals surface area contributed by atoms with Gasteiger partial charge in [-0.05, 0) is 52.2 Å². The molecule has 3 unspecified atom stereocenters. The fourth-order valence-corrected chi connectivity index (χ4v) is 3.40. The normalized spacial score (nSPS) is 33.7. The van der Waals surface area contributed by atoms with Crippen molar-refractivity contribution in [3.63, 3.8) is 0 Å². The van der Waals surface area contributed by atoms with Crippen LogP contribution in [0.1, 0.15) is 26.2 Å². The molecule has 0 aromatic carbocycles. The highest BCUT2D eigenvalue weighted by Crippen LogP contribution is 2.29. The van der Waals surface area contributed by atoms with Crippen molar-refractivity contribution < 1.29 is 9.90 Å². The largest absolute Gasteiger partial charge is 0.480 e. The third kappa shape index (κ3) is 2.84.